The fourth-order valence-electron chi connectivity index (χ4n) is 5.68. The lowest BCUT2D eigenvalue weighted by atomic mass is 9.47. The first-order valence-electron chi connectivity index (χ1n) is 7.92. The molecule has 0 unspecified atom stereocenters. The van der Waals surface area contributed by atoms with Gasteiger partial charge in [-0.1, -0.05) is 30.8 Å². The van der Waals surface area contributed by atoms with Gasteiger partial charge >= 0.3 is 0 Å². The van der Waals surface area contributed by atoms with Gasteiger partial charge in [0.2, 0.25) is 0 Å². The maximum absolute atomic E-state index is 4.58. The summed E-state index contributed by atoms with van der Waals surface area (Å²) in [6.07, 6.45) is 8.81. The third kappa shape index (κ3) is 1.72. The van der Waals surface area contributed by atoms with Gasteiger partial charge in [0.25, 0.3) is 0 Å². The van der Waals surface area contributed by atoms with Crippen molar-refractivity contribution in [1.29, 1.82) is 0 Å². The van der Waals surface area contributed by atoms with Crippen molar-refractivity contribution in [1.82, 2.24) is 0 Å². The molecule has 0 aliphatic heterocycles. The van der Waals surface area contributed by atoms with Gasteiger partial charge in [0.1, 0.15) is 0 Å². The number of rotatable bonds is 2. The normalized spacial score (nSPS) is 39.5. The second kappa shape index (κ2) is 3.98. The van der Waals surface area contributed by atoms with Crippen molar-refractivity contribution < 1.29 is 0 Å². The summed E-state index contributed by atoms with van der Waals surface area (Å²) in [5.41, 5.74) is 4.76. The molecule has 0 amide bonds. The molecule has 0 spiro atoms. The van der Waals surface area contributed by atoms with E-state index in [0.29, 0.717) is 5.41 Å². The van der Waals surface area contributed by atoms with Crippen LogP contribution in [0.2, 0.25) is 0 Å². The summed E-state index contributed by atoms with van der Waals surface area (Å²) in [5, 5.41) is 0. The monoisotopic (exact) mass is 252 g/mol. The summed E-state index contributed by atoms with van der Waals surface area (Å²) in [7, 11) is 0. The van der Waals surface area contributed by atoms with Gasteiger partial charge in [-0.3, -0.25) is 0 Å². The number of benzene rings is 1. The van der Waals surface area contributed by atoms with Gasteiger partial charge in [-0.2, -0.15) is 0 Å². The molecule has 19 heavy (non-hydrogen) atoms. The van der Waals surface area contributed by atoms with Crippen molar-refractivity contribution >= 4 is 5.57 Å². The molecule has 1 aromatic carbocycles. The van der Waals surface area contributed by atoms with E-state index in [1.807, 2.05) is 0 Å². The van der Waals surface area contributed by atoms with Gasteiger partial charge in [-0.25, -0.2) is 0 Å². The number of allylic oxidation sites excluding steroid dienone is 1. The highest BCUT2D eigenvalue weighted by Crippen LogP contribution is 2.64. The molecule has 0 aromatic heterocycles. The van der Waals surface area contributed by atoms with E-state index in [9.17, 15) is 0 Å². The highest BCUT2D eigenvalue weighted by Gasteiger charge is 2.52. The maximum atomic E-state index is 4.58. The third-order valence-corrected chi connectivity index (χ3v) is 6.15. The molecule has 0 saturated heterocycles. The molecule has 0 radical (unpaired) electrons. The molecule has 0 atom stereocenters. The van der Waals surface area contributed by atoms with E-state index >= 15 is 0 Å². The molecule has 0 nitrogen and oxygen atoms in total. The minimum absolute atomic E-state index is 0.459. The van der Waals surface area contributed by atoms with E-state index in [-0.39, 0.29) is 0 Å². The molecule has 0 N–H and O–H groups in total. The molecule has 0 heteroatoms. The Kier molecular flexibility index (Phi) is 2.46. The van der Waals surface area contributed by atoms with Crippen LogP contribution in [-0.4, -0.2) is 0 Å². The SMILES string of the molecule is C=C(c1ccccc1C)C12CC3CC(CC(C3)C1)C2. The smallest absolute Gasteiger partial charge is 0.00389 e. The van der Waals surface area contributed by atoms with Gasteiger partial charge in [-0.15, -0.1) is 0 Å². The largest absolute Gasteiger partial charge is 0.0947 e. The number of aryl methyl sites for hydroxylation is 1. The average molecular weight is 252 g/mol. The predicted octanol–water partition coefficient (Wildman–Crippen LogP) is 5.22. The summed E-state index contributed by atoms with van der Waals surface area (Å²) in [6.45, 7) is 6.81. The molecule has 5 rings (SSSR count). The van der Waals surface area contributed by atoms with Crippen LogP contribution in [0.15, 0.2) is 30.8 Å². The number of hydrogen-bond acceptors (Lipinski definition) is 0. The zero-order chi connectivity index (χ0) is 13.0. The van der Waals surface area contributed by atoms with Crippen molar-refractivity contribution in [3.63, 3.8) is 0 Å². The van der Waals surface area contributed by atoms with E-state index in [1.54, 1.807) is 0 Å². The topological polar surface area (TPSA) is 0 Å². The van der Waals surface area contributed by atoms with Crippen LogP contribution in [0, 0.1) is 30.1 Å². The molecule has 1 aromatic rings. The highest BCUT2D eigenvalue weighted by atomic mass is 14.6. The molecular weight excluding hydrogens is 228 g/mol. The lowest BCUT2D eigenvalue weighted by molar-refractivity contribution is -0.0176. The van der Waals surface area contributed by atoms with Crippen molar-refractivity contribution in [3.8, 4) is 0 Å². The summed E-state index contributed by atoms with van der Waals surface area (Å²) in [5.74, 6) is 3.02. The van der Waals surface area contributed by atoms with Crippen LogP contribution in [0.1, 0.15) is 49.7 Å². The minimum Gasteiger partial charge on any atom is -0.0947 e. The molecule has 4 aliphatic carbocycles. The minimum atomic E-state index is 0.459. The van der Waals surface area contributed by atoms with Crippen molar-refractivity contribution in [2.75, 3.05) is 0 Å². The second-order valence-corrected chi connectivity index (χ2v) is 7.49. The Balaban J connectivity index is 1.72. The highest BCUT2D eigenvalue weighted by molar-refractivity contribution is 5.71. The zero-order valence-electron chi connectivity index (χ0n) is 12.0. The Bertz CT molecular complexity index is 487. The molecule has 100 valence electrons. The molecule has 4 bridgehead atoms. The predicted molar refractivity (Wildman–Crippen MR) is 80.8 cm³/mol. The van der Waals surface area contributed by atoms with E-state index in [4.69, 9.17) is 0 Å². The Morgan fingerprint density at radius 1 is 1.00 bits per heavy atom. The fraction of sp³-hybridized carbons (Fsp3) is 0.579. The van der Waals surface area contributed by atoms with E-state index < -0.39 is 0 Å². The van der Waals surface area contributed by atoms with Crippen LogP contribution in [0.5, 0.6) is 0 Å². The lowest BCUT2D eigenvalue weighted by Crippen LogP contribution is -2.46. The van der Waals surface area contributed by atoms with Crippen LogP contribution >= 0.6 is 0 Å². The van der Waals surface area contributed by atoms with Gasteiger partial charge < -0.3 is 0 Å². The first-order chi connectivity index (χ1) is 9.16. The average Bonchev–Trinajstić information content (AvgIpc) is 2.37. The van der Waals surface area contributed by atoms with Crippen LogP contribution in [-0.2, 0) is 0 Å². The standard InChI is InChI=1S/C19H24/c1-13-5-3-4-6-18(13)14(2)19-10-15-7-16(11-19)9-17(8-15)12-19/h3-6,15-17H,2,7-12H2,1H3. The molecule has 0 heterocycles. The Labute approximate surface area is 116 Å². The number of hydrogen-bond donors (Lipinski definition) is 0. The van der Waals surface area contributed by atoms with E-state index in [2.05, 4.69) is 37.8 Å². The van der Waals surface area contributed by atoms with Gasteiger partial charge in [0.05, 0.1) is 0 Å². The van der Waals surface area contributed by atoms with Gasteiger partial charge in [-0.05, 0) is 85.3 Å². The second-order valence-electron chi connectivity index (χ2n) is 7.49. The molecule has 4 aliphatic rings. The Morgan fingerprint density at radius 3 is 2.05 bits per heavy atom. The Morgan fingerprint density at radius 2 is 1.53 bits per heavy atom. The molecule has 4 saturated carbocycles. The van der Waals surface area contributed by atoms with Crippen molar-refractivity contribution in [2.24, 2.45) is 23.2 Å². The third-order valence-electron chi connectivity index (χ3n) is 6.15. The first-order valence-corrected chi connectivity index (χ1v) is 7.92. The Hall–Kier alpha value is -1.04. The van der Waals surface area contributed by atoms with Crippen LogP contribution in [0.25, 0.3) is 5.57 Å². The van der Waals surface area contributed by atoms with Crippen LogP contribution < -0.4 is 0 Å². The van der Waals surface area contributed by atoms with E-state index in [0.717, 1.165) is 17.8 Å². The molecular formula is C19H24. The maximum Gasteiger partial charge on any atom is -0.00389 e. The van der Waals surface area contributed by atoms with Gasteiger partial charge in [0, 0.05) is 0 Å². The summed E-state index contributed by atoms with van der Waals surface area (Å²) >= 11 is 0. The van der Waals surface area contributed by atoms with Gasteiger partial charge in [0.15, 0.2) is 0 Å². The summed E-state index contributed by atoms with van der Waals surface area (Å²) < 4.78 is 0. The zero-order valence-corrected chi connectivity index (χ0v) is 12.0. The van der Waals surface area contributed by atoms with E-state index in [1.165, 1.54) is 55.2 Å². The quantitative estimate of drug-likeness (QED) is 0.676. The van der Waals surface area contributed by atoms with Crippen molar-refractivity contribution in [3.05, 3.63) is 42.0 Å². The summed E-state index contributed by atoms with van der Waals surface area (Å²) in [4.78, 5) is 0. The van der Waals surface area contributed by atoms with Crippen LogP contribution in [0.4, 0.5) is 0 Å². The fourth-order valence-corrected chi connectivity index (χ4v) is 5.68. The lowest BCUT2D eigenvalue weighted by Gasteiger charge is -2.57. The van der Waals surface area contributed by atoms with Crippen LogP contribution in [0.3, 0.4) is 0 Å². The first kappa shape index (κ1) is 11.8. The summed E-state index contributed by atoms with van der Waals surface area (Å²) in [6, 6.07) is 8.84. The molecule has 4 fully saturated rings. The van der Waals surface area contributed by atoms with Crippen molar-refractivity contribution in [2.45, 2.75) is 45.4 Å².